The highest BCUT2D eigenvalue weighted by atomic mass is 16.6. The van der Waals surface area contributed by atoms with Crippen molar-refractivity contribution in [1.29, 1.82) is 0 Å². The number of hydrogen-bond acceptors (Lipinski definition) is 8. The zero-order valence-electron chi connectivity index (χ0n) is 31.9. The van der Waals surface area contributed by atoms with Crippen LogP contribution < -0.4 is 11.5 Å². The minimum Gasteiger partial charge on any atom is -0.444 e. The molecule has 284 valence electrons. The van der Waals surface area contributed by atoms with Crippen molar-refractivity contribution in [1.82, 2.24) is 9.80 Å². The normalized spacial score (nSPS) is 17.9. The maximum atomic E-state index is 14.1. The number of quaternary nitrogens is 1. The number of urea groups is 1. The number of hydrogen-bond donors (Lipinski definition) is 3. The van der Waals surface area contributed by atoms with Crippen LogP contribution in [0.25, 0.3) is 0 Å². The van der Waals surface area contributed by atoms with Crippen molar-refractivity contribution in [2.45, 2.75) is 123 Å². The molecule has 1 aliphatic rings. The number of imide groups is 1. The van der Waals surface area contributed by atoms with Crippen LogP contribution in [-0.4, -0.2) is 86.0 Å². The number of rotatable bonds is 17. The minimum absolute atomic E-state index is 0.00280. The summed E-state index contributed by atoms with van der Waals surface area (Å²) in [7, 11) is 0. The Hall–Kier alpha value is -4.39. The topological polar surface area (TPSA) is 169 Å². The number of carbonyl (C=O) groups is 4. The van der Waals surface area contributed by atoms with Gasteiger partial charge >= 0.3 is 18.0 Å². The standard InChI is InChI=1S/C40H58N6O6/c1-8-9-20-36(48)44(24-31-18-14-11-15-19-31)25-35(47)34(21-28(2)3)45(39(51)52-40(5,6)7)29(4)22-32-26-46(27-43-32,38(42)50)37(49)33(41)23-30-16-12-10-13-17-30/h10-19,26-29,33-35,47H,8-9,20-25,41H2,1-7H3,(H-,42,50)/p+1/t29-,33+,34?,35+,46?/m1/s1. The van der Waals surface area contributed by atoms with Gasteiger partial charge in [0.05, 0.1) is 12.1 Å². The van der Waals surface area contributed by atoms with Gasteiger partial charge in [-0.1, -0.05) is 87.9 Å². The quantitative estimate of drug-likeness (QED) is 0.172. The monoisotopic (exact) mass is 719 g/mol. The van der Waals surface area contributed by atoms with Gasteiger partial charge in [-0.15, -0.1) is 4.48 Å². The summed E-state index contributed by atoms with van der Waals surface area (Å²) in [5.74, 6) is -0.654. The molecular formula is C40H59N6O6+. The largest absolute Gasteiger partial charge is 0.444 e. The van der Waals surface area contributed by atoms with Gasteiger partial charge in [-0.05, 0) is 57.6 Å². The number of aliphatic hydroxyl groups is 1. The Morgan fingerprint density at radius 1 is 0.942 bits per heavy atom. The van der Waals surface area contributed by atoms with Gasteiger partial charge in [0.25, 0.3) is 0 Å². The highest BCUT2D eigenvalue weighted by Crippen LogP contribution is 2.29. The van der Waals surface area contributed by atoms with Gasteiger partial charge in [0.15, 0.2) is 0 Å². The summed E-state index contributed by atoms with van der Waals surface area (Å²) in [6, 6.07) is 15.4. The van der Waals surface area contributed by atoms with Crippen molar-refractivity contribution in [2.75, 3.05) is 6.54 Å². The van der Waals surface area contributed by atoms with Gasteiger partial charge in [0, 0.05) is 38.4 Å². The number of carbonyl (C=O) groups excluding carboxylic acids is 4. The Morgan fingerprint density at radius 3 is 2.08 bits per heavy atom. The van der Waals surface area contributed by atoms with Crippen molar-refractivity contribution in [3.63, 3.8) is 0 Å². The number of primary amides is 1. The van der Waals surface area contributed by atoms with Gasteiger partial charge in [-0.2, -0.15) is 0 Å². The van der Waals surface area contributed by atoms with Crippen LogP contribution in [0.5, 0.6) is 0 Å². The second kappa shape index (κ2) is 18.9. The van der Waals surface area contributed by atoms with Crippen molar-refractivity contribution >= 4 is 30.3 Å². The van der Waals surface area contributed by atoms with Gasteiger partial charge in [0.1, 0.15) is 23.5 Å². The first-order chi connectivity index (χ1) is 24.5. The van der Waals surface area contributed by atoms with Crippen molar-refractivity contribution in [3.05, 3.63) is 83.7 Å². The molecule has 0 spiro atoms. The van der Waals surface area contributed by atoms with E-state index in [4.69, 9.17) is 16.2 Å². The fourth-order valence-corrected chi connectivity index (χ4v) is 6.34. The summed E-state index contributed by atoms with van der Waals surface area (Å²) in [5.41, 5.74) is 13.4. The molecule has 0 radical (unpaired) electrons. The Bertz CT molecular complexity index is 1560. The lowest BCUT2D eigenvalue weighted by Gasteiger charge is -2.41. The summed E-state index contributed by atoms with van der Waals surface area (Å²) in [6.07, 6.45) is 3.41. The van der Waals surface area contributed by atoms with Crippen molar-refractivity contribution in [2.24, 2.45) is 22.4 Å². The first-order valence-corrected chi connectivity index (χ1v) is 18.3. The van der Waals surface area contributed by atoms with Crippen LogP contribution in [-0.2, 0) is 27.3 Å². The van der Waals surface area contributed by atoms with Crippen molar-refractivity contribution < 1.29 is 33.5 Å². The van der Waals surface area contributed by atoms with Crippen LogP contribution in [0.4, 0.5) is 9.59 Å². The third-order valence-corrected chi connectivity index (χ3v) is 8.92. The van der Waals surface area contributed by atoms with E-state index in [1.165, 1.54) is 17.4 Å². The highest BCUT2D eigenvalue weighted by Gasteiger charge is 2.48. The van der Waals surface area contributed by atoms with Crippen LogP contribution >= 0.6 is 0 Å². The maximum absolute atomic E-state index is 14.1. The number of nitrogens with two attached hydrogens (primary N) is 2. The lowest BCUT2D eigenvalue weighted by molar-refractivity contribution is -0.606. The summed E-state index contributed by atoms with van der Waals surface area (Å²) in [4.78, 5) is 61.7. The molecule has 0 saturated carbocycles. The minimum atomic E-state index is -1.13. The van der Waals surface area contributed by atoms with Crippen LogP contribution in [0.3, 0.4) is 0 Å². The van der Waals surface area contributed by atoms with E-state index in [2.05, 4.69) is 4.99 Å². The Kier molecular flexibility index (Phi) is 15.3. The molecule has 0 aliphatic carbocycles. The highest BCUT2D eigenvalue weighted by molar-refractivity contribution is 5.95. The van der Waals surface area contributed by atoms with E-state index in [0.29, 0.717) is 25.1 Å². The molecule has 1 heterocycles. The second-order valence-corrected chi connectivity index (χ2v) is 15.2. The molecule has 2 unspecified atom stereocenters. The third kappa shape index (κ3) is 11.8. The molecule has 2 aromatic rings. The summed E-state index contributed by atoms with van der Waals surface area (Å²) in [6.45, 7) is 13.4. The van der Waals surface area contributed by atoms with E-state index in [1.54, 1.807) is 32.6 Å². The number of aliphatic imine (C=N–C) groups is 1. The van der Waals surface area contributed by atoms with Crippen LogP contribution in [0.2, 0.25) is 0 Å². The molecule has 1 aliphatic heterocycles. The molecule has 3 rings (SSSR count). The van der Waals surface area contributed by atoms with E-state index in [0.717, 1.165) is 24.0 Å². The number of ether oxygens (including phenoxy) is 1. The van der Waals surface area contributed by atoms with Gasteiger partial charge in [-0.25, -0.2) is 19.4 Å². The average molecular weight is 720 g/mol. The fraction of sp³-hybridized carbons (Fsp3) is 0.525. The first kappa shape index (κ1) is 42.0. The Balaban J connectivity index is 1.96. The third-order valence-electron chi connectivity index (χ3n) is 8.92. The summed E-state index contributed by atoms with van der Waals surface area (Å²) < 4.78 is 4.90. The van der Waals surface area contributed by atoms with Crippen molar-refractivity contribution in [3.8, 4) is 0 Å². The zero-order valence-corrected chi connectivity index (χ0v) is 31.9. The molecule has 12 heteroatoms. The number of benzene rings is 2. The van der Waals surface area contributed by atoms with E-state index >= 15 is 0 Å². The van der Waals surface area contributed by atoms with Gasteiger partial charge < -0.3 is 26.2 Å². The second-order valence-electron chi connectivity index (χ2n) is 15.2. The molecule has 52 heavy (non-hydrogen) atoms. The van der Waals surface area contributed by atoms with Crippen LogP contribution in [0.1, 0.15) is 91.7 Å². The number of nitrogens with zero attached hydrogens (tertiary/aromatic N) is 4. The predicted molar refractivity (Wildman–Crippen MR) is 202 cm³/mol. The molecule has 0 saturated heterocycles. The van der Waals surface area contributed by atoms with E-state index in [-0.39, 0.29) is 31.2 Å². The zero-order chi connectivity index (χ0) is 38.6. The molecular weight excluding hydrogens is 660 g/mol. The van der Waals surface area contributed by atoms with Gasteiger partial charge in [0.2, 0.25) is 12.2 Å². The molecule has 12 nitrogen and oxygen atoms in total. The molecule has 5 amide bonds. The van der Waals surface area contributed by atoms with Gasteiger partial charge in [-0.3, -0.25) is 9.69 Å². The molecule has 5 N–H and O–H groups in total. The SMILES string of the molecule is CCCCC(=O)N(Cc1ccccc1)C[C@H](O)C(CC(C)C)N(C(=O)OC(C)(C)C)[C@H](C)CC1=C[N+](C(N)=O)(C(=O)[C@@H](N)Cc2ccccc2)C=N1. The lowest BCUT2D eigenvalue weighted by Crippen LogP contribution is -2.59. The number of amides is 5. The molecule has 5 atom stereocenters. The van der Waals surface area contributed by atoms with E-state index < -0.39 is 52.3 Å². The predicted octanol–water partition coefficient (Wildman–Crippen LogP) is 5.87. The molecule has 2 aromatic carbocycles. The molecule has 0 bridgehead atoms. The van der Waals surface area contributed by atoms with Crippen LogP contribution in [0, 0.1) is 5.92 Å². The molecule has 0 aromatic heterocycles. The maximum Gasteiger partial charge on any atom is 0.432 e. The number of aliphatic hydroxyl groups excluding tert-OH is 1. The van der Waals surface area contributed by atoms with E-state index in [9.17, 15) is 24.3 Å². The summed E-state index contributed by atoms with van der Waals surface area (Å²) >= 11 is 0. The number of unbranched alkanes of at least 4 members (excludes halogenated alkanes) is 1. The van der Waals surface area contributed by atoms with Crippen LogP contribution in [0.15, 0.2) is 77.6 Å². The Morgan fingerprint density at radius 2 is 1.54 bits per heavy atom. The average Bonchev–Trinajstić information content (AvgIpc) is 3.51. The smallest absolute Gasteiger partial charge is 0.432 e. The molecule has 0 fully saturated rings. The van der Waals surface area contributed by atoms with E-state index in [1.807, 2.05) is 81.4 Å². The fourth-order valence-electron chi connectivity index (χ4n) is 6.34. The first-order valence-electron chi connectivity index (χ1n) is 18.3. The summed E-state index contributed by atoms with van der Waals surface area (Å²) in [5, 5.41) is 12.0. The Labute approximate surface area is 309 Å². The lowest BCUT2D eigenvalue weighted by atomic mass is 9.95.